The third-order valence-corrected chi connectivity index (χ3v) is 3.87. The fraction of sp³-hybridized carbons (Fsp3) is 0.368. The highest BCUT2D eigenvalue weighted by molar-refractivity contribution is 5.71. The van der Waals surface area contributed by atoms with Crippen LogP contribution in [-0.4, -0.2) is 6.54 Å². The largest absolute Gasteiger partial charge is 0.310 e. The maximum Gasteiger partial charge on any atom is 0.123 e. The maximum absolute atomic E-state index is 13.8. The monoisotopic (exact) mass is 285 g/mol. The molecule has 0 bridgehead atoms. The summed E-state index contributed by atoms with van der Waals surface area (Å²) < 4.78 is 13.8. The van der Waals surface area contributed by atoms with Crippen molar-refractivity contribution >= 4 is 0 Å². The van der Waals surface area contributed by atoms with Gasteiger partial charge in [-0.05, 0) is 68.1 Å². The van der Waals surface area contributed by atoms with E-state index in [0.717, 1.165) is 29.7 Å². The van der Waals surface area contributed by atoms with Crippen molar-refractivity contribution in [3.05, 3.63) is 58.9 Å². The summed E-state index contributed by atoms with van der Waals surface area (Å²) in [6.45, 7) is 9.40. The van der Waals surface area contributed by atoms with Gasteiger partial charge in [0.15, 0.2) is 0 Å². The van der Waals surface area contributed by atoms with E-state index in [2.05, 4.69) is 51.2 Å². The molecular weight excluding hydrogens is 261 g/mol. The Hall–Kier alpha value is -1.67. The summed E-state index contributed by atoms with van der Waals surface area (Å²) in [7, 11) is 0. The molecule has 112 valence electrons. The van der Waals surface area contributed by atoms with Crippen molar-refractivity contribution in [1.82, 2.24) is 5.32 Å². The van der Waals surface area contributed by atoms with Crippen molar-refractivity contribution < 1.29 is 4.39 Å². The highest BCUT2D eigenvalue weighted by atomic mass is 19.1. The van der Waals surface area contributed by atoms with E-state index >= 15 is 0 Å². The van der Waals surface area contributed by atoms with Gasteiger partial charge in [-0.25, -0.2) is 4.39 Å². The van der Waals surface area contributed by atoms with Crippen LogP contribution < -0.4 is 5.32 Å². The Morgan fingerprint density at radius 3 is 2.52 bits per heavy atom. The van der Waals surface area contributed by atoms with Gasteiger partial charge in [0.2, 0.25) is 0 Å². The first-order chi connectivity index (χ1) is 10.0. The highest BCUT2D eigenvalue weighted by Gasteiger charge is 2.14. The van der Waals surface area contributed by atoms with Crippen molar-refractivity contribution in [3.63, 3.8) is 0 Å². The van der Waals surface area contributed by atoms with Crippen LogP contribution in [0.4, 0.5) is 4.39 Å². The lowest BCUT2D eigenvalue weighted by atomic mass is 9.91. The first-order valence-corrected chi connectivity index (χ1v) is 7.63. The van der Waals surface area contributed by atoms with E-state index in [4.69, 9.17) is 0 Å². The molecule has 0 aliphatic heterocycles. The molecule has 21 heavy (non-hydrogen) atoms. The summed E-state index contributed by atoms with van der Waals surface area (Å²) in [4.78, 5) is 0. The summed E-state index contributed by atoms with van der Waals surface area (Å²) in [6.07, 6.45) is 1.09. The zero-order valence-electron chi connectivity index (χ0n) is 13.3. The summed E-state index contributed by atoms with van der Waals surface area (Å²) in [5.74, 6) is -0.183. The molecule has 2 aromatic rings. The SMILES string of the molecule is CCCNC(C)c1ccc(F)cc1-c1cc(C)ccc1C. The van der Waals surface area contributed by atoms with Crippen LogP contribution in [-0.2, 0) is 0 Å². The third-order valence-electron chi connectivity index (χ3n) is 3.87. The number of hydrogen-bond donors (Lipinski definition) is 1. The summed E-state index contributed by atoms with van der Waals surface area (Å²) in [6, 6.07) is 11.6. The van der Waals surface area contributed by atoms with Crippen LogP contribution in [0.2, 0.25) is 0 Å². The first kappa shape index (κ1) is 15.7. The topological polar surface area (TPSA) is 12.0 Å². The van der Waals surface area contributed by atoms with Gasteiger partial charge in [-0.15, -0.1) is 0 Å². The minimum atomic E-state index is -0.183. The molecule has 0 radical (unpaired) electrons. The number of rotatable bonds is 5. The van der Waals surface area contributed by atoms with Crippen LogP contribution >= 0.6 is 0 Å². The number of aryl methyl sites for hydroxylation is 2. The maximum atomic E-state index is 13.8. The van der Waals surface area contributed by atoms with E-state index in [0.29, 0.717) is 0 Å². The van der Waals surface area contributed by atoms with Gasteiger partial charge >= 0.3 is 0 Å². The molecule has 0 aliphatic rings. The van der Waals surface area contributed by atoms with Crippen molar-refractivity contribution in [2.75, 3.05) is 6.54 Å². The van der Waals surface area contributed by atoms with E-state index in [1.165, 1.54) is 11.1 Å². The molecule has 1 nitrogen and oxygen atoms in total. The molecule has 0 saturated carbocycles. The smallest absolute Gasteiger partial charge is 0.123 e. The van der Waals surface area contributed by atoms with Gasteiger partial charge in [0.1, 0.15) is 5.82 Å². The number of halogens is 1. The fourth-order valence-corrected chi connectivity index (χ4v) is 2.64. The van der Waals surface area contributed by atoms with Gasteiger partial charge in [0, 0.05) is 6.04 Å². The Kier molecular flexibility index (Phi) is 5.13. The van der Waals surface area contributed by atoms with Crippen LogP contribution in [0, 0.1) is 19.7 Å². The zero-order chi connectivity index (χ0) is 15.4. The van der Waals surface area contributed by atoms with E-state index in [-0.39, 0.29) is 11.9 Å². The molecule has 0 saturated heterocycles. The molecule has 1 unspecified atom stereocenters. The standard InChI is InChI=1S/C19H24FN/c1-5-10-21-15(4)17-9-8-16(20)12-19(17)18-11-13(2)6-7-14(18)3/h6-9,11-12,15,21H,5,10H2,1-4H3. The first-order valence-electron chi connectivity index (χ1n) is 7.63. The van der Waals surface area contributed by atoms with Crippen molar-refractivity contribution in [3.8, 4) is 11.1 Å². The van der Waals surface area contributed by atoms with Crippen LogP contribution in [0.15, 0.2) is 36.4 Å². The van der Waals surface area contributed by atoms with Crippen LogP contribution in [0.5, 0.6) is 0 Å². The van der Waals surface area contributed by atoms with Crippen molar-refractivity contribution in [2.45, 2.75) is 40.2 Å². The number of nitrogens with one attached hydrogen (secondary N) is 1. The molecule has 0 spiro atoms. The average molecular weight is 285 g/mol. The second-order valence-electron chi connectivity index (χ2n) is 5.73. The van der Waals surface area contributed by atoms with Crippen LogP contribution in [0.3, 0.4) is 0 Å². The summed E-state index contributed by atoms with van der Waals surface area (Å²) >= 11 is 0. The fourth-order valence-electron chi connectivity index (χ4n) is 2.64. The Labute approximate surface area is 127 Å². The van der Waals surface area contributed by atoms with E-state index < -0.39 is 0 Å². The van der Waals surface area contributed by atoms with E-state index in [1.54, 1.807) is 12.1 Å². The van der Waals surface area contributed by atoms with E-state index in [1.807, 2.05) is 6.07 Å². The van der Waals surface area contributed by atoms with Gasteiger partial charge in [0.25, 0.3) is 0 Å². The molecule has 1 atom stereocenters. The molecule has 2 rings (SSSR count). The summed E-state index contributed by atoms with van der Waals surface area (Å²) in [5, 5.41) is 3.49. The van der Waals surface area contributed by atoms with E-state index in [9.17, 15) is 4.39 Å². The molecule has 0 aliphatic carbocycles. The quantitative estimate of drug-likeness (QED) is 0.799. The van der Waals surface area contributed by atoms with Crippen LogP contribution in [0.1, 0.15) is 43.0 Å². The molecule has 2 aromatic carbocycles. The number of hydrogen-bond acceptors (Lipinski definition) is 1. The van der Waals surface area contributed by atoms with Gasteiger partial charge in [0.05, 0.1) is 0 Å². The molecule has 0 fully saturated rings. The van der Waals surface area contributed by atoms with Gasteiger partial charge in [-0.2, -0.15) is 0 Å². The van der Waals surface area contributed by atoms with Gasteiger partial charge in [-0.1, -0.05) is 36.8 Å². The second-order valence-corrected chi connectivity index (χ2v) is 5.73. The molecular formula is C19H24FN. The Morgan fingerprint density at radius 2 is 1.81 bits per heavy atom. The molecule has 1 N–H and O–H groups in total. The van der Waals surface area contributed by atoms with Gasteiger partial charge in [-0.3, -0.25) is 0 Å². The Balaban J connectivity index is 2.51. The van der Waals surface area contributed by atoms with Crippen molar-refractivity contribution in [1.29, 1.82) is 0 Å². The molecule has 0 amide bonds. The highest BCUT2D eigenvalue weighted by Crippen LogP contribution is 2.32. The Bertz CT molecular complexity index is 619. The Morgan fingerprint density at radius 1 is 1.05 bits per heavy atom. The molecule has 0 heterocycles. The minimum Gasteiger partial charge on any atom is -0.310 e. The second kappa shape index (κ2) is 6.86. The molecule has 2 heteroatoms. The van der Waals surface area contributed by atoms with Gasteiger partial charge < -0.3 is 5.32 Å². The normalized spacial score (nSPS) is 12.4. The van der Waals surface area contributed by atoms with Crippen LogP contribution in [0.25, 0.3) is 11.1 Å². The lowest BCUT2D eigenvalue weighted by molar-refractivity contribution is 0.569. The average Bonchev–Trinajstić information content (AvgIpc) is 2.47. The zero-order valence-corrected chi connectivity index (χ0v) is 13.3. The summed E-state index contributed by atoms with van der Waals surface area (Å²) in [5.41, 5.74) is 5.63. The minimum absolute atomic E-state index is 0.183. The number of benzene rings is 2. The van der Waals surface area contributed by atoms with Crippen molar-refractivity contribution in [2.24, 2.45) is 0 Å². The molecule has 0 aromatic heterocycles. The third kappa shape index (κ3) is 3.70. The predicted molar refractivity (Wildman–Crippen MR) is 88.0 cm³/mol. The lowest BCUT2D eigenvalue weighted by Gasteiger charge is -2.19. The lowest BCUT2D eigenvalue weighted by Crippen LogP contribution is -2.20. The predicted octanol–water partition coefficient (Wildman–Crippen LogP) is 5.17.